The molecule has 0 aliphatic heterocycles. The molecule has 3 rings (SSSR count). The number of ether oxygens (including phenoxy) is 2. The number of para-hydroxylation sites is 1. The topological polar surface area (TPSA) is 86.5 Å². The lowest BCUT2D eigenvalue weighted by molar-refractivity contribution is 0.102. The first-order chi connectivity index (χ1) is 11.5. The smallest absolute Gasteiger partial charge is 0.258 e. The van der Waals surface area contributed by atoms with Gasteiger partial charge < -0.3 is 19.3 Å². The molecule has 7 heteroatoms. The summed E-state index contributed by atoms with van der Waals surface area (Å²) in [6.45, 7) is 3.56. The van der Waals surface area contributed by atoms with Crippen molar-refractivity contribution in [1.29, 1.82) is 0 Å². The zero-order chi connectivity index (χ0) is 17.3. The number of benzene rings is 1. The Morgan fingerprint density at radius 1 is 1.21 bits per heavy atom. The molecule has 0 spiro atoms. The van der Waals surface area contributed by atoms with Gasteiger partial charge in [-0.2, -0.15) is 0 Å². The Hall–Kier alpha value is -3.09. The summed E-state index contributed by atoms with van der Waals surface area (Å²) >= 11 is 0. The van der Waals surface area contributed by atoms with Crippen LogP contribution < -0.4 is 14.8 Å². The number of aryl methyl sites for hydroxylation is 2. The van der Waals surface area contributed by atoms with Gasteiger partial charge in [0.05, 0.1) is 36.6 Å². The predicted molar refractivity (Wildman–Crippen MR) is 88.8 cm³/mol. The molecule has 1 N–H and O–H groups in total. The Morgan fingerprint density at radius 2 is 2.00 bits per heavy atom. The molecular formula is C17H17N3O4. The standard InChI is InChI=1S/C17H17N3O4/c1-9-8-11(14-10(2)20-24-17(14)18-9)16(21)19-12-6-5-7-13(22-3)15(12)23-4/h5-8H,1-4H3,(H,19,21). The lowest BCUT2D eigenvalue weighted by atomic mass is 10.1. The number of fused-ring (bicyclic) bond motifs is 1. The van der Waals surface area contributed by atoms with E-state index in [1.807, 2.05) is 0 Å². The molecule has 0 aliphatic carbocycles. The van der Waals surface area contributed by atoms with Crippen LogP contribution in [0.1, 0.15) is 21.7 Å². The summed E-state index contributed by atoms with van der Waals surface area (Å²) in [5.41, 5.74) is 2.58. The number of nitrogens with one attached hydrogen (secondary N) is 1. The zero-order valence-corrected chi connectivity index (χ0v) is 13.8. The Labute approximate surface area is 138 Å². The Morgan fingerprint density at radius 3 is 2.71 bits per heavy atom. The first-order valence-electron chi connectivity index (χ1n) is 7.31. The molecule has 0 radical (unpaired) electrons. The summed E-state index contributed by atoms with van der Waals surface area (Å²) in [4.78, 5) is 17.0. The molecule has 124 valence electrons. The first-order valence-corrected chi connectivity index (χ1v) is 7.31. The minimum absolute atomic E-state index is 0.302. The quantitative estimate of drug-likeness (QED) is 0.792. The fraction of sp³-hybridized carbons (Fsp3) is 0.235. The highest BCUT2D eigenvalue weighted by atomic mass is 16.5. The third-order valence-electron chi connectivity index (χ3n) is 3.64. The van der Waals surface area contributed by atoms with Gasteiger partial charge >= 0.3 is 0 Å². The van der Waals surface area contributed by atoms with Crippen molar-refractivity contribution in [2.75, 3.05) is 19.5 Å². The largest absolute Gasteiger partial charge is 0.493 e. The number of hydrogen-bond donors (Lipinski definition) is 1. The van der Waals surface area contributed by atoms with E-state index in [1.165, 1.54) is 7.11 Å². The van der Waals surface area contributed by atoms with Crippen LogP contribution in [0.5, 0.6) is 11.5 Å². The number of nitrogens with zero attached hydrogens (tertiary/aromatic N) is 2. The van der Waals surface area contributed by atoms with Crippen LogP contribution in [0.3, 0.4) is 0 Å². The van der Waals surface area contributed by atoms with Gasteiger partial charge in [-0.05, 0) is 32.0 Å². The Balaban J connectivity index is 2.04. The predicted octanol–water partition coefficient (Wildman–Crippen LogP) is 3.11. The molecule has 3 aromatic rings. The van der Waals surface area contributed by atoms with E-state index in [2.05, 4.69) is 15.5 Å². The molecule has 1 amide bonds. The van der Waals surface area contributed by atoms with E-state index in [-0.39, 0.29) is 5.91 Å². The molecular weight excluding hydrogens is 310 g/mol. The lowest BCUT2D eigenvalue weighted by Gasteiger charge is -2.13. The highest BCUT2D eigenvalue weighted by molar-refractivity contribution is 6.12. The Bertz CT molecular complexity index is 918. The minimum atomic E-state index is -0.302. The third-order valence-corrected chi connectivity index (χ3v) is 3.64. The molecule has 2 heterocycles. The van der Waals surface area contributed by atoms with Crippen molar-refractivity contribution in [1.82, 2.24) is 10.1 Å². The van der Waals surface area contributed by atoms with Crippen LogP contribution in [-0.2, 0) is 0 Å². The minimum Gasteiger partial charge on any atom is -0.493 e. The first kappa shape index (κ1) is 15.8. The molecule has 24 heavy (non-hydrogen) atoms. The second-order valence-electron chi connectivity index (χ2n) is 5.25. The number of amides is 1. The van der Waals surface area contributed by atoms with Crippen molar-refractivity contribution >= 4 is 22.7 Å². The normalized spacial score (nSPS) is 10.7. The molecule has 0 saturated heterocycles. The van der Waals surface area contributed by atoms with Crippen LogP contribution >= 0.6 is 0 Å². The number of carbonyl (C=O) groups excluding carboxylic acids is 1. The van der Waals surface area contributed by atoms with E-state index in [9.17, 15) is 4.79 Å². The number of hydrogen-bond acceptors (Lipinski definition) is 6. The molecule has 0 atom stereocenters. The van der Waals surface area contributed by atoms with E-state index in [4.69, 9.17) is 14.0 Å². The number of aromatic nitrogens is 2. The summed E-state index contributed by atoms with van der Waals surface area (Å²) in [5.74, 6) is 0.688. The number of pyridine rings is 1. The van der Waals surface area contributed by atoms with Gasteiger partial charge in [-0.1, -0.05) is 11.2 Å². The van der Waals surface area contributed by atoms with Crippen LogP contribution in [0.4, 0.5) is 5.69 Å². The van der Waals surface area contributed by atoms with Gasteiger partial charge in [0.2, 0.25) is 0 Å². The van der Waals surface area contributed by atoms with Crippen LogP contribution in [0.15, 0.2) is 28.8 Å². The molecule has 0 saturated carbocycles. The average Bonchev–Trinajstić information content (AvgIpc) is 2.94. The summed E-state index contributed by atoms with van der Waals surface area (Å²) in [7, 11) is 3.06. The molecule has 0 unspecified atom stereocenters. The summed E-state index contributed by atoms with van der Waals surface area (Å²) < 4.78 is 15.8. The van der Waals surface area contributed by atoms with Crippen LogP contribution in [0, 0.1) is 13.8 Å². The van der Waals surface area contributed by atoms with Gasteiger partial charge in [0.15, 0.2) is 11.5 Å². The van der Waals surface area contributed by atoms with Gasteiger partial charge in [0.1, 0.15) is 0 Å². The number of anilines is 1. The van der Waals surface area contributed by atoms with Crippen molar-refractivity contribution in [2.24, 2.45) is 0 Å². The maximum absolute atomic E-state index is 12.8. The summed E-state index contributed by atoms with van der Waals surface area (Å²) in [6.07, 6.45) is 0. The van der Waals surface area contributed by atoms with Crippen LogP contribution in [-0.4, -0.2) is 30.3 Å². The van der Waals surface area contributed by atoms with Gasteiger partial charge in [-0.15, -0.1) is 0 Å². The highest BCUT2D eigenvalue weighted by Gasteiger charge is 2.19. The van der Waals surface area contributed by atoms with Gasteiger partial charge in [-0.3, -0.25) is 4.79 Å². The molecule has 0 aliphatic rings. The monoisotopic (exact) mass is 327 g/mol. The van der Waals surface area contributed by atoms with E-state index in [1.54, 1.807) is 45.2 Å². The maximum atomic E-state index is 12.8. The second-order valence-corrected chi connectivity index (χ2v) is 5.25. The van der Waals surface area contributed by atoms with Gasteiger partial charge in [0.25, 0.3) is 11.6 Å². The van der Waals surface area contributed by atoms with E-state index >= 15 is 0 Å². The summed E-state index contributed by atoms with van der Waals surface area (Å²) in [6, 6.07) is 6.97. The van der Waals surface area contributed by atoms with Crippen LogP contribution in [0.2, 0.25) is 0 Å². The van der Waals surface area contributed by atoms with E-state index in [0.29, 0.717) is 45.2 Å². The van der Waals surface area contributed by atoms with Crippen molar-refractivity contribution in [3.63, 3.8) is 0 Å². The fourth-order valence-electron chi connectivity index (χ4n) is 2.57. The van der Waals surface area contributed by atoms with Crippen LogP contribution in [0.25, 0.3) is 11.1 Å². The number of rotatable bonds is 4. The maximum Gasteiger partial charge on any atom is 0.258 e. The van der Waals surface area contributed by atoms with Crippen molar-refractivity contribution < 1.29 is 18.8 Å². The molecule has 2 aromatic heterocycles. The van der Waals surface area contributed by atoms with Crippen molar-refractivity contribution in [3.8, 4) is 11.5 Å². The Kier molecular flexibility index (Phi) is 4.07. The molecule has 7 nitrogen and oxygen atoms in total. The zero-order valence-electron chi connectivity index (χ0n) is 13.8. The third kappa shape index (κ3) is 2.64. The second kappa shape index (κ2) is 6.19. The fourth-order valence-corrected chi connectivity index (χ4v) is 2.57. The van der Waals surface area contributed by atoms with Crippen molar-refractivity contribution in [3.05, 3.63) is 41.2 Å². The van der Waals surface area contributed by atoms with E-state index in [0.717, 1.165) is 0 Å². The molecule has 0 bridgehead atoms. The SMILES string of the molecule is COc1cccc(NC(=O)c2cc(C)nc3onc(C)c23)c1OC. The average molecular weight is 327 g/mol. The molecule has 1 aromatic carbocycles. The van der Waals surface area contributed by atoms with Crippen molar-refractivity contribution in [2.45, 2.75) is 13.8 Å². The lowest BCUT2D eigenvalue weighted by Crippen LogP contribution is -2.14. The number of carbonyl (C=O) groups is 1. The highest BCUT2D eigenvalue weighted by Crippen LogP contribution is 2.35. The summed E-state index contributed by atoms with van der Waals surface area (Å²) in [5, 5.41) is 7.33. The van der Waals surface area contributed by atoms with E-state index < -0.39 is 0 Å². The number of methoxy groups -OCH3 is 2. The van der Waals surface area contributed by atoms with Gasteiger partial charge in [0, 0.05) is 5.69 Å². The molecule has 0 fully saturated rings. The van der Waals surface area contributed by atoms with Gasteiger partial charge in [-0.25, -0.2) is 4.98 Å².